The van der Waals surface area contributed by atoms with Gasteiger partial charge in [-0.05, 0) is 23.3 Å². The first kappa shape index (κ1) is 20.6. The molecule has 1 heterocycles. The topological polar surface area (TPSA) is 72.2 Å². The molecule has 0 spiro atoms. The zero-order chi connectivity index (χ0) is 21.3. The number of hydrogen-bond acceptors (Lipinski definition) is 5. The van der Waals surface area contributed by atoms with Gasteiger partial charge in [0, 0.05) is 12.1 Å². The lowest BCUT2D eigenvalue weighted by Gasteiger charge is -2.10. The largest absolute Gasteiger partial charge is 0.274 e. The van der Waals surface area contributed by atoms with E-state index in [0.29, 0.717) is 11.6 Å². The molecule has 0 saturated heterocycles. The number of nitrogens with one attached hydrogen (secondary N) is 1. The van der Waals surface area contributed by atoms with E-state index < -0.39 is 0 Å². The normalized spacial score (nSPS) is 11.0. The number of benzene rings is 3. The van der Waals surface area contributed by atoms with Crippen LogP contribution in [0.2, 0.25) is 0 Å². The van der Waals surface area contributed by atoms with E-state index in [1.54, 1.807) is 6.21 Å². The smallest absolute Gasteiger partial charge is 0.250 e. The van der Waals surface area contributed by atoms with Gasteiger partial charge in [-0.15, -0.1) is 10.2 Å². The molecule has 154 valence electrons. The van der Waals surface area contributed by atoms with Crippen molar-refractivity contribution in [2.45, 2.75) is 11.6 Å². The number of amides is 1. The van der Waals surface area contributed by atoms with Crippen LogP contribution in [0.1, 0.15) is 17.0 Å². The van der Waals surface area contributed by atoms with Crippen LogP contribution < -0.4 is 5.43 Å². The van der Waals surface area contributed by atoms with Gasteiger partial charge in [0.15, 0.2) is 5.16 Å². The molecule has 0 aliphatic rings. The Morgan fingerprint density at radius 1 is 0.903 bits per heavy atom. The summed E-state index contributed by atoms with van der Waals surface area (Å²) in [6, 6.07) is 29.7. The van der Waals surface area contributed by atoms with Crippen molar-refractivity contribution < 1.29 is 4.79 Å². The highest BCUT2D eigenvalue weighted by molar-refractivity contribution is 7.99. The molecule has 0 atom stereocenters. The van der Waals surface area contributed by atoms with E-state index in [9.17, 15) is 4.79 Å². The van der Waals surface area contributed by atoms with Gasteiger partial charge in [0.2, 0.25) is 0 Å². The van der Waals surface area contributed by atoms with Crippen LogP contribution in [0.25, 0.3) is 5.69 Å². The third-order valence-electron chi connectivity index (χ3n) is 4.45. The molecule has 0 saturated carbocycles. The maximum Gasteiger partial charge on any atom is 0.250 e. The minimum Gasteiger partial charge on any atom is -0.274 e. The lowest BCUT2D eigenvalue weighted by atomic mass is 10.1. The predicted octanol–water partition coefficient (Wildman–Crippen LogP) is 4.10. The van der Waals surface area contributed by atoms with E-state index in [1.165, 1.54) is 11.8 Å². The van der Waals surface area contributed by atoms with Crippen LogP contribution in [0.4, 0.5) is 0 Å². The third-order valence-corrected chi connectivity index (χ3v) is 5.38. The number of aromatic nitrogens is 3. The molecule has 0 fully saturated rings. The number of thioether (sulfide) groups is 1. The highest BCUT2D eigenvalue weighted by atomic mass is 32.2. The first-order chi connectivity index (χ1) is 15.3. The highest BCUT2D eigenvalue weighted by Crippen LogP contribution is 2.23. The molecule has 0 radical (unpaired) electrons. The highest BCUT2D eigenvalue weighted by Gasteiger charge is 2.16. The molecule has 0 aliphatic carbocycles. The third kappa shape index (κ3) is 5.67. The second-order valence-electron chi connectivity index (χ2n) is 6.72. The molecule has 3 aromatic carbocycles. The maximum atomic E-state index is 12.2. The predicted molar refractivity (Wildman–Crippen MR) is 124 cm³/mol. The van der Waals surface area contributed by atoms with Crippen molar-refractivity contribution >= 4 is 23.9 Å². The number of hydrazone groups is 1. The molecule has 0 aliphatic heterocycles. The number of hydrogen-bond donors (Lipinski definition) is 1. The van der Waals surface area contributed by atoms with E-state index in [-0.39, 0.29) is 11.7 Å². The van der Waals surface area contributed by atoms with Gasteiger partial charge in [-0.2, -0.15) is 5.10 Å². The van der Waals surface area contributed by atoms with Crippen molar-refractivity contribution in [2.75, 3.05) is 5.75 Å². The Balaban J connectivity index is 1.46. The zero-order valence-electron chi connectivity index (χ0n) is 16.8. The van der Waals surface area contributed by atoms with E-state index in [4.69, 9.17) is 0 Å². The minimum atomic E-state index is -0.204. The number of rotatable bonds is 8. The van der Waals surface area contributed by atoms with Gasteiger partial charge < -0.3 is 0 Å². The molecule has 1 amide bonds. The van der Waals surface area contributed by atoms with Gasteiger partial charge in [0.05, 0.1) is 12.0 Å². The summed E-state index contributed by atoms with van der Waals surface area (Å²) in [7, 11) is 0. The summed E-state index contributed by atoms with van der Waals surface area (Å²) in [6.07, 6.45) is 2.27. The van der Waals surface area contributed by atoms with E-state index in [2.05, 4.69) is 32.9 Å². The van der Waals surface area contributed by atoms with Gasteiger partial charge in [0.1, 0.15) is 5.82 Å². The van der Waals surface area contributed by atoms with E-state index in [0.717, 1.165) is 22.6 Å². The number of nitrogens with zero attached hydrogens (tertiary/aromatic N) is 4. The number of para-hydroxylation sites is 1. The van der Waals surface area contributed by atoms with Crippen molar-refractivity contribution in [3.8, 4) is 5.69 Å². The quantitative estimate of drug-likeness (QED) is 0.261. The molecule has 4 aromatic rings. The van der Waals surface area contributed by atoms with Crippen LogP contribution in [-0.4, -0.2) is 32.6 Å². The van der Waals surface area contributed by atoms with Crippen LogP contribution in [0, 0.1) is 0 Å². The van der Waals surface area contributed by atoms with E-state index >= 15 is 0 Å². The van der Waals surface area contributed by atoms with Crippen LogP contribution in [0.15, 0.2) is 101 Å². The maximum absolute atomic E-state index is 12.2. The number of carbonyl (C=O) groups is 1. The molecule has 31 heavy (non-hydrogen) atoms. The summed E-state index contributed by atoms with van der Waals surface area (Å²) < 4.78 is 2.00. The Morgan fingerprint density at radius 2 is 1.55 bits per heavy atom. The fraction of sp³-hybridized carbons (Fsp3) is 0.0833. The SMILES string of the molecule is O=C(CSc1nnc(Cc2ccccc2)n1-c1ccccc1)NN=Cc1ccccc1. The molecular weight excluding hydrogens is 406 g/mol. The summed E-state index contributed by atoms with van der Waals surface area (Å²) in [4.78, 5) is 12.2. The molecule has 7 heteroatoms. The van der Waals surface area contributed by atoms with Crippen molar-refractivity contribution in [3.05, 3.63) is 108 Å². The van der Waals surface area contributed by atoms with Crippen molar-refractivity contribution in [2.24, 2.45) is 5.10 Å². The van der Waals surface area contributed by atoms with Gasteiger partial charge in [-0.1, -0.05) is 90.6 Å². The Hall–Kier alpha value is -3.71. The van der Waals surface area contributed by atoms with Gasteiger partial charge in [0.25, 0.3) is 5.91 Å². The monoisotopic (exact) mass is 427 g/mol. The second kappa shape index (κ2) is 10.4. The average Bonchev–Trinajstić information content (AvgIpc) is 3.22. The molecular formula is C24H21N5OS. The summed E-state index contributed by atoms with van der Waals surface area (Å²) in [5.41, 5.74) is 5.59. The van der Waals surface area contributed by atoms with Gasteiger partial charge in [-0.3, -0.25) is 9.36 Å². The summed E-state index contributed by atoms with van der Waals surface area (Å²) in [6.45, 7) is 0. The molecule has 6 nitrogen and oxygen atoms in total. The second-order valence-corrected chi connectivity index (χ2v) is 7.67. The van der Waals surface area contributed by atoms with Crippen LogP contribution in [-0.2, 0) is 11.2 Å². The average molecular weight is 428 g/mol. The standard InChI is InChI=1S/C24H21N5OS/c30-23(27-25-17-20-12-6-2-7-13-20)18-31-24-28-26-22(16-19-10-4-1-5-11-19)29(24)21-14-8-3-9-15-21/h1-15,17H,16,18H2,(H,27,30). The molecule has 4 rings (SSSR count). The first-order valence-corrected chi connectivity index (χ1v) is 10.8. The van der Waals surface area contributed by atoms with Crippen molar-refractivity contribution in [3.63, 3.8) is 0 Å². The Labute approximate surface area is 185 Å². The van der Waals surface area contributed by atoms with Gasteiger partial charge >= 0.3 is 0 Å². The molecule has 0 bridgehead atoms. The number of carbonyl (C=O) groups excluding carboxylic acids is 1. The Morgan fingerprint density at radius 3 is 2.26 bits per heavy atom. The fourth-order valence-corrected chi connectivity index (χ4v) is 3.77. The Bertz CT molecular complexity index is 1140. The Kier molecular flexibility index (Phi) is 6.87. The minimum absolute atomic E-state index is 0.183. The van der Waals surface area contributed by atoms with Crippen LogP contribution in [0.5, 0.6) is 0 Å². The molecule has 1 aromatic heterocycles. The summed E-state index contributed by atoms with van der Waals surface area (Å²) in [5.74, 6) is 0.800. The lowest BCUT2D eigenvalue weighted by Crippen LogP contribution is -2.20. The zero-order valence-corrected chi connectivity index (χ0v) is 17.6. The molecule has 1 N–H and O–H groups in total. The van der Waals surface area contributed by atoms with Crippen LogP contribution in [0.3, 0.4) is 0 Å². The van der Waals surface area contributed by atoms with E-state index in [1.807, 2.05) is 83.4 Å². The van der Waals surface area contributed by atoms with Gasteiger partial charge in [-0.25, -0.2) is 5.43 Å². The van der Waals surface area contributed by atoms with Crippen LogP contribution >= 0.6 is 11.8 Å². The lowest BCUT2D eigenvalue weighted by molar-refractivity contribution is -0.118. The molecule has 0 unspecified atom stereocenters. The van der Waals surface area contributed by atoms with Crippen molar-refractivity contribution in [1.82, 2.24) is 20.2 Å². The summed E-state index contributed by atoms with van der Waals surface area (Å²) in [5, 5.41) is 13.4. The fourth-order valence-electron chi connectivity index (χ4n) is 3.00. The van der Waals surface area contributed by atoms with Crippen molar-refractivity contribution in [1.29, 1.82) is 0 Å². The first-order valence-electron chi connectivity index (χ1n) is 9.83. The summed E-state index contributed by atoms with van der Waals surface area (Å²) >= 11 is 1.33.